The van der Waals surface area contributed by atoms with Gasteiger partial charge in [0.2, 0.25) is 10.0 Å². The summed E-state index contributed by atoms with van der Waals surface area (Å²) >= 11 is 0. The van der Waals surface area contributed by atoms with Gasteiger partial charge in [-0.15, -0.1) is 12.4 Å². The van der Waals surface area contributed by atoms with Gasteiger partial charge in [-0.25, -0.2) is 12.8 Å². The van der Waals surface area contributed by atoms with Gasteiger partial charge in [0.1, 0.15) is 5.82 Å². The van der Waals surface area contributed by atoms with Crippen LogP contribution in [0.4, 0.5) is 17.6 Å². The molecular formula is C13H17ClF4N2O2S. The number of hydrogen-bond donors (Lipinski definition) is 1. The molecule has 1 N–H and O–H groups in total. The third kappa shape index (κ3) is 4.14. The number of likely N-dealkylation sites (N-methyl/N-ethyl adjacent to an activating group) is 1. The highest BCUT2D eigenvalue weighted by Crippen LogP contribution is 2.33. The number of hydrogen-bond acceptors (Lipinski definition) is 3. The van der Waals surface area contributed by atoms with E-state index in [1.54, 1.807) is 7.05 Å². The highest BCUT2D eigenvalue weighted by atomic mass is 35.5. The normalized spacial score (nSPS) is 19.6. The Bertz CT molecular complexity index is 652. The van der Waals surface area contributed by atoms with E-state index in [1.807, 2.05) is 0 Å². The molecule has 4 nitrogen and oxygen atoms in total. The smallest absolute Gasteiger partial charge is 0.318 e. The Labute approximate surface area is 138 Å². The molecule has 1 saturated heterocycles. The largest absolute Gasteiger partial charge is 0.419 e. The topological polar surface area (TPSA) is 49.4 Å². The van der Waals surface area contributed by atoms with E-state index >= 15 is 0 Å². The van der Waals surface area contributed by atoms with Crippen LogP contribution in [0.2, 0.25) is 0 Å². The van der Waals surface area contributed by atoms with Crippen molar-refractivity contribution in [1.29, 1.82) is 0 Å². The van der Waals surface area contributed by atoms with Crippen molar-refractivity contribution in [1.82, 2.24) is 9.62 Å². The van der Waals surface area contributed by atoms with Crippen LogP contribution in [0.25, 0.3) is 0 Å². The standard InChI is InChI=1S/C13H16F4N2O2S.ClH/c1-18-8-9-3-2-6-19(9)22(20,21)10-4-5-11(12(14)7-10)13(15,16)17;/h4-5,7,9,18H,2-3,6,8H2,1H3;1H. The third-order valence-corrected chi connectivity index (χ3v) is 5.56. The fraction of sp³-hybridized carbons (Fsp3) is 0.538. The zero-order valence-corrected chi connectivity index (χ0v) is 13.9. The van der Waals surface area contributed by atoms with Crippen molar-refractivity contribution in [3.63, 3.8) is 0 Å². The minimum absolute atomic E-state index is 0. The summed E-state index contributed by atoms with van der Waals surface area (Å²) in [6.45, 7) is 0.708. The predicted molar refractivity (Wildman–Crippen MR) is 79.5 cm³/mol. The summed E-state index contributed by atoms with van der Waals surface area (Å²) in [5.41, 5.74) is -1.47. The number of nitrogens with zero attached hydrogens (tertiary/aromatic N) is 1. The molecule has 1 heterocycles. The van der Waals surface area contributed by atoms with Gasteiger partial charge >= 0.3 is 6.18 Å². The highest BCUT2D eigenvalue weighted by molar-refractivity contribution is 7.89. The van der Waals surface area contributed by atoms with Crippen molar-refractivity contribution in [2.75, 3.05) is 20.1 Å². The van der Waals surface area contributed by atoms with Crippen LogP contribution >= 0.6 is 12.4 Å². The van der Waals surface area contributed by atoms with Gasteiger partial charge in [0.05, 0.1) is 10.5 Å². The van der Waals surface area contributed by atoms with Crippen molar-refractivity contribution >= 4 is 22.4 Å². The van der Waals surface area contributed by atoms with Crippen LogP contribution in [-0.4, -0.2) is 38.9 Å². The lowest BCUT2D eigenvalue weighted by molar-refractivity contribution is -0.140. The molecule has 0 spiro atoms. The molecule has 0 aromatic heterocycles. The Morgan fingerprint density at radius 3 is 2.52 bits per heavy atom. The minimum Gasteiger partial charge on any atom is -0.318 e. The van der Waals surface area contributed by atoms with Gasteiger partial charge in [-0.1, -0.05) is 0 Å². The van der Waals surface area contributed by atoms with Crippen molar-refractivity contribution in [3.8, 4) is 0 Å². The Morgan fingerprint density at radius 2 is 2.00 bits per heavy atom. The van der Waals surface area contributed by atoms with E-state index in [-0.39, 0.29) is 25.0 Å². The van der Waals surface area contributed by atoms with Crippen molar-refractivity contribution in [2.45, 2.75) is 30.0 Å². The Morgan fingerprint density at radius 1 is 1.35 bits per heavy atom. The van der Waals surface area contributed by atoms with Gasteiger partial charge in [0.25, 0.3) is 0 Å². The Hall–Kier alpha value is -0.900. The number of benzene rings is 1. The maximum absolute atomic E-state index is 13.6. The SMILES string of the molecule is CNCC1CCCN1S(=O)(=O)c1ccc(C(F)(F)F)c(F)c1.Cl. The fourth-order valence-electron chi connectivity index (χ4n) is 2.59. The van der Waals surface area contributed by atoms with Crippen LogP contribution in [0.1, 0.15) is 18.4 Å². The van der Waals surface area contributed by atoms with Gasteiger partial charge in [-0.2, -0.15) is 17.5 Å². The molecule has 1 unspecified atom stereocenters. The summed E-state index contributed by atoms with van der Waals surface area (Å²) in [5.74, 6) is -1.59. The number of rotatable bonds is 4. The quantitative estimate of drug-likeness (QED) is 0.822. The second-order valence-corrected chi connectivity index (χ2v) is 7.00. The zero-order chi connectivity index (χ0) is 16.5. The van der Waals surface area contributed by atoms with E-state index in [4.69, 9.17) is 0 Å². The molecule has 1 fully saturated rings. The first-order valence-corrected chi connectivity index (χ1v) is 8.15. The van der Waals surface area contributed by atoms with Crippen LogP contribution in [0.15, 0.2) is 23.1 Å². The molecule has 0 bridgehead atoms. The lowest BCUT2D eigenvalue weighted by Crippen LogP contribution is -2.40. The van der Waals surface area contributed by atoms with E-state index in [9.17, 15) is 26.0 Å². The molecule has 1 aromatic rings. The summed E-state index contributed by atoms with van der Waals surface area (Å²) < 4.78 is 77.4. The molecule has 1 atom stereocenters. The summed E-state index contributed by atoms with van der Waals surface area (Å²) in [7, 11) is -2.33. The molecule has 0 radical (unpaired) electrons. The number of alkyl halides is 3. The fourth-order valence-corrected chi connectivity index (χ4v) is 4.29. The molecular weight excluding hydrogens is 360 g/mol. The second kappa shape index (κ2) is 7.33. The summed E-state index contributed by atoms with van der Waals surface area (Å²) in [4.78, 5) is -0.457. The molecule has 10 heteroatoms. The van der Waals surface area contributed by atoms with E-state index in [2.05, 4.69) is 5.32 Å². The summed E-state index contributed by atoms with van der Waals surface area (Å²) in [6, 6.07) is 1.43. The van der Waals surface area contributed by atoms with Crippen molar-refractivity contribution < 1.29 is 26.0 Å². The average molecular weight is 377 g/mol. The summed E-state index contributed by atoms with van der Waals surface area (Å²) in [6.07, 6.45) is -3.54. The monoisotopic (exact) mass is 376 g/mol. The molecule has 0 saturated carbocycles. The van der Waals surface area contributed by atoms with Crippen LogP contribution in [-0.2, 0) is 16.2 Å². The molecule has 1 aliphatic rings. The maximum Gasteiger partial charge on any atom is 0.419 e. The molecule has 0 amide bonds. The van der Waals surface area contributed by atoms with Crippen LogP contribution in [0.5, 0.6) is 0 Å². The minimum atomic E-state index is -4.85. The average Bonchev–Trinajstić information content (AvgIpc) is 2.86. The van der Waals surface area contributed by atoms with Crippen LogP contribution in [0, 0.1) is 5.82 Å². The van der Waals surface area contributed by atoms with Crippen LogP contribution < -0.4 is 5.32 Å². The first kappa shape index (κ1) is 20.1. The number of nitrogens with one attached hydrogen (secondary N) is 1. The number of halogens is 5. The molecule has 1 aromatic carbocycles. The van der Waals surface area contributed by atoms with E-state index in [1.165, 1.54) is 4.31 Å². The first-order chi connectivity index (χ1) is 10.2. The zero-order valence-electron chi connectivity index (χ0n) is 12.2. The lowest BCUT2D eigenvalue weighted by Gasteiger charge is -2.24. The molecule has 132 valence electrons. The van der Waals surface area contributed by atoms with Gasteiger partial charge < -0.3 is 5.32 Å². The van der Waals surface area contributed by atoms with Gasteiger partial charge in [0, 0.05) is 19.1 Å². The maximum atomic E-state index is 13.6. The van der Waals surface area contributed by atoms with Gasteiger partial charge in [-0.3, -0.25) is 0 Å². The molecule has 23 heavy (non-hydrogen) atoms. The highest BCUT2D eigenvalue weighted by Gasteiger charge is 2.38. The predicted octanol–water partition coefficient (Wildman–Crippen LogP) is 2.64. The van der Waals surface area contributed by atoms with E-state index in [0.29, 0.717) is 31.5 Å². The van der Waals surface area contributed by atoms with Crippen LogP contribution in [0.3, 0.4) is 0 Å². The third-order valence-electron chi connectivity index (χ3n) is 3.62. The van der Waals surface area contributed by atoms with Gasteiger partial charge in [0.15, 0.2) is 0 Å². The van der Waals surface area contributed by atoms with Crippen molar-refractivity contribution in [3.05, 3.63) is 29.6 Å². The van der Waals surface area contributed by atoms with Crippen molar-refractivity contribution in [2.24, 2.45) is 0 Å². The van der Waals surface area contributed by atoms with E-state index in [0.717, 1.165) is 6.07 Å². The second-order valence-electron chi connectivity index (χ2n) is 5.11. The first-order valence-electron chi connectivity index (χ1n) is 6.71. The van der Waals surface area contributed by atoms with Gasteiger partial charge in [-0.05, 0) is 38.1 Å². The molecule has 0 aliphatic carbocycles. The Kier molecular flexibility index (Phi) is 6.42. The van der Waals surface area contributed by atoms with E-state index < -0.39 is 32.5 Å². The molecule has 2 rings (SSSR count). The lowest BCUT2D eigenvalue weighted by atomic mass is 10.2. The number of sulfonamides is 1. The summed E-state index contributed by atoms with van der Waals surface area (Å²) in [5, 5.41) is 2.87. The molecule has 1 aliphatic heterocycles. The Balaban J connectivity index is 0.00000264.